The fourth-order valence-corrected chi connectivity index (χ4v) is 2.47. The molecule has 118 valence electrons. The lowest BCUT2D eigenvalue weighted by Crippen LogP contribution is -2.20. The number of amides is 1. The van der Waals surface area contributed by atoms with Crippen LogP contribution in [0.2, 0.25) is 0 Å². The van der Waals surface area contributed by atoms with Crippen molar-refractivity contribution in [1.29, 1.82) is 5.26 Å². The summed E-state index contributed by atoms with van der Waals surface area (Å²) in [5, 5.41) is 11.4. The lowest BCUT2D eigenvalue weighted by molar-refractivity contribution is -0.118. The number of nitrogens with zero attached hydrogens (tertiary/aromatic N) is 1. The second kappa shape index (κ2) is 6.94. The third-order valence-electron chi connectivity index (χ3n) is 2.88. The summed E-state index contributed by atoms with van der Waals surface area (Å²) in [6.45, 7) is -0.252. The van der Waals surface area contributed by atoms with Crippen LogP contribution in [0, 0.1) is 11.3 Å². The zero-order chi connectivity index (χ0) is 16.9. The minimum atomic E-state index is -3.34. The van der Waals surface area contributed by atoms with E-state index in [1.165, 1.54) is 18.2 Å². The molecule has 0 aliphatic rings. The van der Waals surface area contributed by atoms with Gasteiger partial charge in [-0.1, -0.05) is 12.1 Å². The summed E-state index contributed by atoms with van der Waals surface area (Å²) in [4.78, 5) is 12.0. The van der Waals surface area contributed by atoms with Crippen LogP contribution in [0.3, 0.4) is 0 Å². The zero-order valence-electron chi connectivity index (χ0n) is 12.3. The van der Waals surface area contributed by atoms with Gasteiger partial charge in [-0.15, -0.1) is 0 Å². The minimum absolute atomic E-state index is 0.123. The van der Waals surface area contributed by atoms with E-state index in [1.54, 1.807) is 30.3 Å². The van der Waals surface area contributed by atoms with Gasteiger partial charge in [0.05, 0.1) is 16.5 Å². The van der Waals surface area contributed by atoms with E-state index < -0.39 is 15.7 Å². The smallest absolute Gasteiger partial charge is 0.262 e. The Labute approximate surface area is 134 Å². The second-order valence-electron chi connectivity index (χ2n) is 4.78. The molecule has 0 aliphatic heterocycles. The van der Waals surface area contributed by atoms with E-state index in [0.717, 1.165) is 6.26 Å². The Balaban J connectivity index is 1.99. The van der Waals surface area contributed by atoms with E-state index in [4.69, 9.17) is 10.00 Å². The highest BCUT2D eigenvalue weighted by Crippen LogP contribution is 2.16. The van der Waals surface area contributed by atoms with Crippen molar-refractivity contribution >= 4 is 21.4 Å². The average Bonchev–Trinajstić information content (AvgIpc) is 2.52. The first-order valence-electron chi connectivity index (χ1n) is 6.61. The first-order valence-corrected chi connectivity index (χ1v) is 8.50. The van der Waals surface area contributed by atoms with Gasteiger partial charge in [0.25, 0.3) is 5.91 Å². The van der Waals surface area contributed by atoms with Crippen molar-refractivity contribution in [2.45, 2.75) is 4.90 Å². The predicted octanol–water partition coefficient (Wildman–Crippen LogP) is 1.98. The van der Waals surface area contributed by atoms with Gasteiger partial charge in [-0.25, -0.2) is 8.42 Å². The summed E-state index contributed by atoms with van der Waals surface area (Å²) in [6.07, 6.45) is 1.10. The van der Waals surface area contributed by atoms with Crippen LogP contribution in [0.5, 0.6) is 5.75 Å². The topological polar surface area (TPSA) is 96.3 Å². The molecular formula is C16H14N2O4S. The molecule has 7 heteroatoms. The molecule has 2 aromatic carbocycles. The standard InChI is InChI=1S/C16H14N2O4S/c1-23(20,21)15-7-3-5-13(9-15)18-16(19)11-22-14-6-2-4-12(8-14)10-17/h2-9H,11H2,1H3,(H,18,19). The van der Waals surface area contributed by atoms with Crippen molar-refractivity contribution < 1.29 is 17.9 Å². The quantitative estimate of drug-likeness (QED) is 0.904. The molecule has 0 radical (unpaired) electrons. The normalized spacial score (nSPS) is 10.6. The Morgan fingerprint density at radius 2 is 1.96 bits per heavy atom. The number of hydrogen-bond donors (Lipinski definition) is 1. The molecule has 1 amide bonds. The molecule has 0 heterocycles. The highest BCUT2D eigenvalue weighted by atomic mass is 32.2. The van der Waals surface area contributed by atoms with Gasteiger partial charge in [0, 0.05) is 11.9 Å². The number of sulfone groups is 1. The summed E-state index contributed by atoms with van der Waals surface area (Å²) >= 11 is 0. The van der Waals surface area contributed by atoms with Crippen molar-refractivity contribution in [1.82, 2.24) is 0 Å². The molecule has 0 unspecified atom stereocenters. The molecule has 2 aromatic rings. The van der Waals surface area contributed by atoms with Crippen LogP contribution < -0.4 is 10.1 Å². The van der Waals surface area contributed by atoms with E-state index in [1.807, 2.05) is 6.07 Å². The Bertz CT molecular complexity index is 870. The second-order valence-corrected chi connectivity index (χ2v) is 6.79. The van der Waals surface area contributed by atoms with Crippen LogP contribution in [0.25, 0.3) is 0 Å². The van der Waals surface area contributed by atoms with Crippen LogP contribution in [0.15, 0.2) is 53.4 Å². The van der Waals surface area contributed by atoms with Gasteiger partial charge in [-0.3, -0.25) is 4.79 Å². The Hall–Kier alpha value is -2.85. The summed E-state index contributed by atoms with van der Waals surface area (Å²) < 4.78 is 28.3. The van der Waals surface area contributed by atoms with Crippen LogP contribution in [0.1, 0.15) is 5.56 Å². The Morgan fingerprint density at radius 3 is 2.65 bits per heavy atom. The first kappa shape index (κ1) is 16.5. The largest absolute Gasteiger partial charge is 0.484 e. The molecule has 2 rings (SSSR count). The van der Waals surface area contributed by atoms with Gasteiger partial charge < -0.3 is 10.1 Å². The van der Waals surface area contributed by atoms with Gasteiger partial charge in [0.1, 0.15) is 5.75 Å². The lowest BCUT2D eigenvalue weighted by Gasteiger charge is -2.08. The molecule has 0 spiro atoms. The molecule has 0 aliphatic carbocycles. The van der Waals surface area contributed by atoms with Crippen LogP contribution in [-0.2, 0) is 14.6 Å². The third-order valence-corrected chi connectivity index (χ3v) is 3.99. The number of rotatable bonds is 5. The SMILES string of the molecule is CS(=O)(=O)c1cccc(NC(=O)COc2cccc(C#N)c2)c1. The molecular weight excluding hydrogens is 316 g/mol. The fourth-order valence-electron chi connectivity index (χ4n) is 1.81. The summed E-state index contributed by atoms with van der Waals surface area (Å²) in [5.74, 6) is -0.0258. The number of nitrogens with one attached hydrogen (secondary N) is 1. The Kier molecular flexibility index (Phi) is 4.98. The third kappa shape index (κ3) is 4.83. The average molecular weight is 330 g/mol. The maximum atomic E-state index is 11.9. The predicted molar refractivity (Wildman–Crippen MR) is 84.8 cm³/mol. The first-order chi connectivity index (χ1) is 10.9. The minimum Gasteiger partial charge on any atom is -0.484 e. The fraction of sp³-hybridized carbons (Fsp3) is 0.125. The van der Waals surface area contributed by atoms with Crippen LogP contribution >= 0.6 is 0 Å². The molecule has 0 aromatic heterocycles. The van der Waals surface area contributed by atoms with Crippen molar-refractivity contribution in [3.05, 3.63) is 54.1 Å². The van der Waals surface area contributed by atoms with Crippen LogP contribution in [0.4, 0.5) is 5.69 Å². The molecule has 0 fully saturated rings. The molecule has 6 nitrogen and oxygen atoms in total. The van der Waals surface area contributed by atoms with Gasteiger partial charge in [0.2, 0.25) is 0 Å². The van der Waals surface area contributed by atoms with E-state index in [2.05, 4.69) is 5.32 Å². The van der Waals surface area contributed by atoms with Crippen LogP contribution in [-0.4, -0.2) is 27.2 Å². The number of carbonyl (C=O) groups is 1. The highest BCUT2D eigenvalue weighted by Gasteiger charge is 2.09. The molecule has 0 atom stereocenters. The maximum Gasteiger partial charge on any atom is 0.262 e. The van der Waals surface area contributed by atoms with E-state index in [0.29, 0.717) is 17.0 Å². The molecule has 0 saturated heterocycles. The van der Waals surface area contributed by atoms with E-state index in [9.17, 15) is 13.2 Å². The van der Waals surface area contributed by atoms with Crippen molar-refractivity contribution in [2.24, 2.45) is 0 Å². The molecule has 0 bridgehead atoms. The number of ether oxygens (including phenoxy) is 1. The number of hydrogen-bond acceptors (Lipinski definition) is 5. The lowest BCUT2D eigenvalue weighted by atomic mass is 10.2. The van der Waals surface area contributed by atoms with Gasteiger partial charge >= 0.3 is 0 Å². The van der Waals surface area contributed by atoms with E-state index in [-0.39, 0.29) is 11.5 Å². The Morgan fingerprint density at radius 1 is 1.22 bits per heavy atom. The molecule has 1 N–H and O–H groups in total. The summed E-state index contributed by atoms with van der Waals surface area (Å²) in [7, 11) is -3.34. The molecule has 0 saturated carbocycles. The highest BCUT2D eigenvalue weighted by molar-refractivity contribution is 7.90. The number of nitriles is 1. The van der Waals surface area contributed by atoms with Gasteiger partial charge in [0.15, 0.2) is 16.4 Å². The summed E-state index contributed by atoms with van der Waals surface area (Å²) in [5.41, 5.74) is 0.802. The molecule has 23 heavy (non-hydrogen) atoms. The summed E-state index contributed by atoms with van der Waals surface area (Å²) in [6, 6.07) is 14.4. The van der Waals surface area contributed by atoms with Crippen molar-refractivity contribution in [3.63, 3.8) is 0 Å². The maximum absolute atomic E-state index is 11.9. The van der Waals surface area contributed by atoms with Crippen molar-refractivity contribution in [3.8, 4) is 11.8 Å². The van der Waals surface area contributed by atoms with E-state index >= 15 is 0 Å². The van der Waals surface area contributed by atoms with Gasteiger partial charge in [-0.05, 0) is 36.4 Å². The number of anilines is 1. The van der Waals surface area contributed by atoms with Gasteiger partial charge in [-0.2, -0.15) is 5.26 Å². The zero-order valence-corrected chi connectivity index (χ0v) is 13.1. The number of benzene rings is 2. The van der Waals surface area contributed by atoms with Crippen molar-refractivity contribution in [2.75, 3.05) is 18.2 Å². The monoisotopic (exact) mass is 330 g/mol. The number of carbonyl (C=O) groups excluding carboxylic acids is 1.